The standard InChI is InChI=1S/C22H36N2/c1-8-17-12-19(23-16(6)11-15(4)5)13-20-18(9-2)14-22(7,10-3)24-21(17)20/h12-16,23-24H,8-11H2,1-7H3. The molecular weight excluding hydrogens is 292 g/mol. The Labute approximate surface area is 149 Å². The highest BCUT2D eigenvalue weighted by atomic mass is 15.0. The maximum atomic E-state index is 3.82. The molecule has 134 valence electrons. The number of fused-ring (bicyclic) bond motifs is 1. The van der Waals surface area contributed by atoms with E-state index in [1.165, 1.54) is 34.5 Å². The van der Waals surface area contributed by atoms with Gasteiger partial charge in [0.1, 0.15) is 0 Å². The smallest absolute Gasteiger partial charge is 0.0531 e. The van der Waals surface area contributed by atoms with E-state index in [4.69, 9.17) is 0 Å². The average Bonchev–Trinajstić information content (AvgIpc) is 2.53. The van der Waals surface area contributed by atoms with Crippen molar-refractivity contribution in [3.63, 3.8) is 0 Å². The molecule has 0 aliphatic carbocycles. The number of hydrogen-bond acceptors (Lipinski definition) is 2. The predicted octanol–water partition coefficient (Wildman–Crippen LogP) is 6.48. The van der Waals surface area contributed by atoms with Gasteiger partial charge in [-0.1, -0.05) is 40.7 Å². The molecule has 2 heteroatoms. The van der Waals surface area contributed by atoms with Gasteiger partial charge in [0, 0.05) is 23.0 Å². The Morgan fingerprint density at radius 1 is 1.08 bits per heavy atom. The summed E-state index contributed by atoms with van der Waals surface area (Å²) in [4.78, 5) is 0. The van der Waals surface area contributed by atoms with Crippen molar-refractivity contribution in [1.82, 2.24) is 0 Å². The Hall–Kier alpha value is -1.44. The van der Waals surface area contributed by atoms with Gasteiger partial charge in [-0.25, -0.2) is 0 Å². The van der Waals surface area contributed by atoms with Crippen LogP contribution in [-0.4, -0.2) is 11.6 Å². The van der Waals surface area contributed by atoms with Crippen LogP contribution in [0.2, 0.25) is 0 Å². The summed E-state index contributed by atoms with van der Waals surface area (Å²) < 4.78 is 0. The molecule has 2 nitrogen and oxygen atoms in total. The van der Waals surface area contributed by atoms with Gasteiger partial charge in [0.25, 0.3) is 0 Å². The van der Waals surface area contributed by atoms with Crippen molar-refractivity contribution in [2.75, 3.05) is 10.6 Å². The fourth-order valence-corrected chi connectivity index (χ4v) is 3.78. The molecule has 0 amide bonds. The van der Waals surface area contributed by atoms with Gasteiger partial charge in [0.2, 0.25) is 0 Å². The summed E-state index contributed by atoms with van der Waals surface area (Å²) >= 11 is 0. The molecule has 0 saturated carbocycles. The first kappa shape index (κ1) is 18.9. The molecule has 2 rings (SSSR count). The van der Waals surface area contributed by atoms with Crippen LogP contribution >= 0.6 is 0 Å². The van der Waals surface area contributed by atoms with E-state index in [0.29, 0.717) is 12.0 Å². The highest BCUT2D eigenvalue weighted by Gasteiger charge is 2.28. The third kappa shape index (κ3) is 4.15. The lowest BCUT2D eigenvalue weighted by atomic mass is 9.84. The fourth-order valence-electron chi connectivity index (χ4n) is 3.78. The number of rotatable bonds is 7. The first-order chi connectivity index (χ1) is 11.3. The van der Waals surface area contributed by atoms with Gasteiger partial charge in [-0.3, -0.25) is 0 Å². The second kappa shape index (κ2) is 7.63. The van der Waals surface area contributed by atoms with Gasteiger partial charge in [0.15, 0.2) is 0 Å². The molecule has 2 unspecified atom stereocenters. The Kier molecular flexibility index (Phi) is 6.01. The van der Waals surface area contributed by atoms with Crippen molar-refractivity contribution >= 4 is 16.9 Å². The molecule has 0 fully saturated rings. The average molecular weight is 329 g/mol. The third-order valence-corrected chi connectivity index (χ3v) is 5.20. The van der Waals surface area contributed by atoms with Crippen LogP contribution < -0.4 is 10.6 Å². The van der Waals surface area contributed by atoms with Gasteiger partial charge in [-0.2, -0.15) is 0 Å². The van der Waals surface area contributed by atoms with Gasteiger partial charge in [0.05, 0.1) is 5.54 Å². The quantitative estimate of drug-likeness (QED) is 0.598. The molecule has 1 aromatic carbocycles. The molecule has 0 bridgehead atoms. The van der Waals surface area contributed by atoms with Gasteiger partial charge in [-0.05, 0) is 68.7 Å². The molecule has 1 aromatic rings. The molecule has 0 spiro atoms. The number of nitrogens with one attached hydrogen (secondary N) is 2. The Balaban J connectivity index is 2.41. The Morgan fingerprint density at radius 2 is 1.79 bits per heavy atom. The van der Waals surface area contributed by atoms with Crippen LogP contribution in [-0.2, 0) is 6.42 Å². The van der Waals surface area contributed by atoms with Crippen LogP contribution in [0.15, 0.2) is 18.2 Å². The van der Waals surface area contributed by atoms with E-state index >= 15 is 0 Å². The van der Waals surface area contributed by atoms with Crippen molar-refractivity contribution < 1.29 is 0 Å². The van der Waals surface area contributed by atoms with Gasteiger partial charge < -0.3 is 10.6 Å². The molecule has 2 N–H and O–H groups in total. The summed E-state index contributed by atoms with van der Waals surface area (Å²) in [5, 5.41) is 7.54. The van der Waals surface area contributed by atoms with E-state index in [-0.39, 0.29) is 5.54 Å². The molecule has 0 aromatic heterocycles. The maximum absolute atomic E-state index is 3.82. The van der Waals surface area contributed by atoms with E-state index in [1.54, 1.807) is 0 Å². The minimum Gasteiger partial charge on any atom is -0.383 e. The largest absolute Gasteiger partial charge is 0.383 e. The van der Waals surface area contributed by atoms with E-state index in [9.17, 15) is 0 Å². The molecule has 0 saturated heterocycles. The SMILES string of the molecule is CCC1=CC(C)(CC)Nc2c(CC)cc(NC(C)CC(C)C)cc21. The van der Waals surface area contributed by atoms with E-state index in [1.807, 2.05) is 0 Å². The zero-order valence-electron chi connectivity index (χ0n) is 16.7. The first-order valence-electron chi connectivity index (χ1n) is 9.75. The van der Waals surface area contributed by atoms with Crippen LogP contribution in [0.1, 0.15) is 78.9 Å². The Morgan fingerprint density at radius 3 is 2.33 bits per heavy atom. The van der Waals surface area contributed by atoms with Gasteiger partial charge in [-0.15, -0.1) is 0 Å². The van der Waals surface area contributed by atoms with E-state index in [2.05, 4.69) is 77.3 Å². The molecule has 1 heterocycles. The Bertz CT molecular complexity index is 600. The number of benzene rings is 1. The van der Waals surface area contributed by atoms with Crippen LogP contribution in [0.25, 0.3) is 5.57 Å². The summed E-state index contributed by atoms with van der Waals surface area (Å²) in [5.41, 5.74) is 6.97. The lowest BCUT2D eigenvalue weighted by molar-refractivity contribution is 0.540. The maximum Gasteiger partial charge on any atom is 0.0531 e. The second-order valence-electron chi connectivity index (χ2n) is 8.01. The topological polar surface area (TPSA) is 24.1 Å². The summed E-state index contributed by atoms with van der Waals surface area (Å²) in [6.07, 6.45) is 6.88. The van der Waals surface area contributed by atoms with Crippen LogP contribution in [0, 0.1) is 5.92 Å². The number of hydrogen-bond donors (Lipinski definition) is 2. The summed E-state index contributed by atoms with van der Waals surface area (Å²) in [7, 11) is 0. The summed E-state index contributed by atoms with van der Waals surface area (Å²) in [6, 6.07) is 5.19. The predicted molar refractivity (Wildman–Crippen MR) is 109 cm³/mol. The third-order valence-electron chi connectivity index (χ3n) is 5.20. The molecule has 24 heavy (non-hydrogen) atoms. The zero-order valence-corrected chi connectivity index (χ0v) is 16.7. The van der Waals surface area contributed by atoms with E-state index < -0.39 is 0 Å². The minimum atomic E-state index is 0.0716. The van der Waals surface area contributed by atoms with Crippen molar-refractivity contribution in [2.45, 2.75) is 85.7 Å². The van der Waals surface area contributed by atoms with E-state index in [0.717, 1.165) is 19.3 Å². The molecule has 0 radical (unpaired) electrons. The number of allylic oxidation sites excluding steroid dienone is 1. The summed E-state index contributed by atoms with van der Waals surface area (Å²) in [5.74, 6) is 0.716. The van der Waals surface area contributed by atoms with Crippen LogP contribution in [0.4, 0.5) is 11.4 Å². The molecular formula is C22H36N2. The van der Waals surface area contributed by atoms with Crippen LogP contribution in [0.3, 0.4) is 0 Å². The minimum absolute atomic E-state index is 0.0716. The highest BCUT2D eigenvalue weighted by Crippen LogP contribution is 2.41. The molecule has 1 aliphatic rings. The lowest BCUT2D eigenvalue weighted by Crippen LogP contribution is -2.35. The lowest BCUT2D eigenvalue weighted by Gasteiger charge is -2.36. The highest BCUT2D eigenvalue weighted by molar-refractivity contribution is 5.85. The van der Waals surface area contributed by atoms with Crippen molar-refractivity contribution in [1.29, 1.82) is 0 Å². The fraction of sp³-hybridized carbons (Fsp3) is 0.636. The van der Waals surface area contributed by atoms with Crippen molar-refractivity contribution in [3.8, 4) is 0 Å². The summed E-state index contributed by atoms with van der Waals surface area (Å²) in [6.45, 7) is 16.0. The molecule has 1 aliphatic heterocycles. The number of anilines is 2. The number of aryl methyl sites for hydroxylation is 1. The normalized spacial score (nSPS) is 21.1. The van der Waals surface area contributed by atoms with Crippen molar-refractivity contribution in [2.24, 2.45) is 5.92 Å². The first-order valence-corrected chi connectivity index (χ1v) is 9.75. The van der Waals surface area contributed by atoms with Crippen molar-refractivity contribution in [3.05, 3.63) is 29.3 Å². The molecule has 2 atom stereocenters. The van der Waals surface area contributed by atoms with Gasteiger partial charge >= 0.3 is 0 Å². The zero-order chi connectivity index (χ0) is 17.9. The second-order valence-corrected chi connectivity index (χ2v) is 8.01. The monoisotopic (exact) mass is 328 g/mol. The van der Waals surface area contributed by atoms with Crippen LogP contribution in [0.5, 0.6) is 0 Å².